The molecule has 0 radical (unpaired) electrons. The van der Waals surface area contributed by atoms with E-state index in [2.05, 4.69) is 20.6 Å². The van der Waals surface area contributed by atoms with Crippen LogP contribution in [0, 0.1) is 0 Å². The van der Waals surface area contributed by atoms with Crippen molar-refractivity contribution in [1.29, 1.82) is 0 Å². The number of anilines is 1. The van der Waals surface area contributed by atoms with Gasteiger partial charge in [0, 0.05) is 32.0 Å². The lowest BCUT2D eigenvalue weighted by Crippen LogP contribution is -2.49. The third-order valence-electron chi connectivity index (χ3n) is 6.79. The van der Waals surface area contributed by atoms with E-state index in [0.29, 0.717) is 25.3 Å². The van der Waals surface area contributed by atoms with Crippen molar-refractivity contribution in [2.24, 2.45) is 11.5 Å². The highest BCUT2D eigenvalue weighted by atomic mass is 16.2. The minimum absolute atomic E-state index is 0.178. The van der Waals surface area contributed by atoms with Crippen LogP contribution in [0.4, 0.5) is 10.7 Å². The first-order chi connectivity index (χ1) is 19.9. The Labute approximate surface area is 239 Å². The number of benzene rings is 3. The summed E-state index contributed by atoms with van der Waals surface area (Å²) in [6.07, 6.45) is 4.32. The van der Waals surface area contributed by atoms with E-state index in [9.17, 15) is 14.4 Å². The van der Waals surface area contributed by atoms with Crippen molar-refractivity contribution in [3.05, 3.63) is 120 Å². The average molecular weight is 554 g/mol. The first kappa shape index (κ1) is 28.9. The van der Waals surface area contributed by atoms with Gasteiger partial charge in [0.25, 0.3) is 0 Å². The zero-order valence-corrected chi connectivity index (χ0v) is 22.7. The summed E-state index contributed by atoms with van der Waals surface area (Å²) >= 11 is 0. The summed E-state index contributed by atoms with van der Waals surface area (Å²) in [5.74, 6) is -0.782. The summed E-state index contributed by atoms with van der Waals surface area (Å²) < 4.78 is 0. The molecule has 3 aromatic carbocycles. The molecule has 10 nitrogen and oxygen atoms in total. The number of imidazole rings is 1. The SMILES string of the molecule is NC(=O)NCc1ccc(CN(C(=O)C(c2ccccc2)c2ccccc2)[C@H](CCCNc2ncc[nH]2)C(N)=O)cc1. The third kappa shape index (κ3) is 8.18. The molecule has 0 saturated carbocycles. The molecule has 7 N–H and O–H groups in total. The number of hydrogen-bond donors (Lipinski definition) is 5. The highest BCUT2D eigenvalue weighted by molar-refractivity contribution is 5.92. The average Bonchev–Trinajstić information content (AvgIpc) is 3.50. The van der Waals surface area contributed by atoms with Crippen LogP contribution in [0.5, 0.6) is 0 Å². The van der Waals surface area contributed by atoms with Gasteiger partial charge < -0.3 is 32.0 Å². The Bertz CT molecular complexity index is 1360. The molecule has 4 amide bonds. The van der Waals surface area contributed by atoms with Gasteiger partial charge in [-0.1, -0.05) is 84.9 Å². The van der Waals surface area contributed by atoms with Crippen LogP contribution in [0.2, 0.25) is 0 Å². The highest BCUT2D eigenvalue weighted by Crippen LogP contribution is 2.29. The van der Waals surface area contributed by atoms with Gasteiger partial charge in [-0.25, -0.2) is 9.78 Å². The van der Waals surface area contributed by atoms with Crippen LogP contribution >= 0.6 is 0 Å². The smallest absolute Gasteiger partial charge is 0.312 e. The van der Waals surface area contributed by atoms with E-state index in [-0.39, 0.29) is 19.0 Å². The molecule has 1 heterocycles. The second kappa shape index (κ2) is 14.3. The van der Waals surface area contributed by atoms with Gasteiger partial charge in [-0.15, -0.1) is 0 Å². The number of aromatic nitrogens is 2. The molecule has 0 bridgehead atoms. The van der Waals surface area contributed by atoms with Crippen molar-refractivity contribution in [2.75, 3.05) is 11.9 Å². The van der Waals surface area contributed by atoms with Crippen LogP contribution in [-0.4, -0.2) is 45.3 Å². The van der Waals surface area contributed by atoms with E-state index in [4.69, 9.17) is 11.5 Å². The van der Waals surface area contributed by atoms with E-state index in [1.165, 1.54) is 0 Å². The second-order valence-electron chi connectivity index (χ2n) is 9.68. The van der Waals surface area contributed by atoms with Gasteiger partial charge in [0.15, 0.2) is 5.95 Å². The third-order valence-corrected chi connectivity index (χ3v) is 6.79. The number of carbonyl (C=O) groups excluding carboxylic acids is 3. The van der Waals surface area contributed by atoms with Crippen LogP contribution in [0.15, 0.2) is 97.3 Å². The number of amides is 4. The number of urea groups is 1. The molecule has 10 heteroatoms. The van der Waals surface area contributed by atoms with Crippen molar-refractivity contribution in [3.63, 3.8) is 0 Å². The molecule has 0 aliphatic carbocycles. The molecule has 1 atom stereocenters. The van der Waals surface area contributed by atoms with E-state index in [1.807, 2.05) is 84.9 Å². The van der Waals surface area contributed by atoms with E-state index >= 15 is 0 Å². The summed E-state index contributed by atoms with van der Waals surface area (Å²) in [6.45, 7) is 1.01. The van der Waals surface area contributed by atoms with Gasteiger partial charge in [0.05, 0.1) is 5.92 Å². The summed E-state index contributed by atoms with van der Waals surface area (Å²) in [4.78, 5) is 47.2. The fraction of sp³-hybridized carbons (Fsp3) is 0.226. The molecule has 4 rings (SSSR count). The van der Waals surface area contributed by atoms with E-state index < -0.39 is 23.9 Å². The van der Waals surface area contributed by atoms with E-state index in [1.54, 1.807) is 17.3 Å². The maximum Gasteiger partial charge on any atom is 0.312 e. The van der Waals surface area contributed by atoms with Gasteiger partial charge in [-0.05, 0) is 35.1 Å². The zero-order chi connectivity index (χ0) is 29.0. The lowest BCUT2D eigenvalue weighted by atomic mass is 9.89. The van der Waals surface area contributed by atoms with Gasteiger partial charge in [-0.2, -0.15) is 0 Å². The summed E-state index contributed by atoms with van der Waals surface area (Å²) in [6, 6.07) is 25.1. The molecule has 212 valence electrons. The lowest BCUT2D eigenvalue weighted by Gasteiger charge is -2.33. The van der Waals surface area contributed by atoms with Gasteiger partial charge in [0.2, 0.25) is 11.8 Å². The molecule has 0 spiro atoms. The Morgan fingerprint density at radius 1 is 0.854 bits per heavy atom. The first-order valence-electron chi connectivity index (χ1n) is 13.5. The number of hydrogen-bond acceptors (Lipinski definition) is 5. The quantitative estimate of drug-likeness (QED) is 0.151. The number of rotatable bonds is 14. The molecular weight excluding hydrogens is 518 g/mol. The van der Waals surface area contributed by atoms with Gasteiger partial charge in [0.1, 0.15) is 6.04 Å². The second-order valence-corrected chi connectivity index (χ2v) is 9.68. The standard InChI is InChI=1S/C31H35N7O3/c32-28(39)26(12-7-17-34-31-35-18-19-36-31)38(21-23-15-13-22(14-16-23)20-37-30(33)41)29(40)27(24-8-3-1-4-9-24)25-10-5-2-6-11-25/h1-6,8-11,13-16,18-19,26-27H,7,12,17,20-21H2,(H2,32,39)(H3,33,37,41)(H2,34,35,36)/t26-/m1/s1. The van der Waals surface area contributed by atoms with Crippen molar-refractivity contribution in [1.82, 2.24) is 20.2 Å². The van der Waals surface area contributed by atoms with Crippen LogP contribution in [0.1, 0.15) is 41.0 Å². The minimum Gasteiger partial charge on any atom is -0.368 e. The van der Waals surface area contributed by atoms with Gasteiger partial charge >= 0.3 is 6.03 Å². The van der Waals surface area contributed by atoms with Crippen LogP contribution in [0.3, 0.4) is 0 Å². The van der Waals surface area contributed by atoms with Crippen molar-refractivity contribution in [2.45, 2.75) is 37.9 Å². The fourth-order valence-electron chi connectivity index (χ4n) is 4.74. The fourth-order valence-corrected chi connectivity index (χ4v) is 4.74. The molecule has 0 fully saturated rings. The van der Waals surface area contributed by atoms with Crippen LogP contribution in [-0.2, 0) is 22.7 Å². The van der Waals surface area contributed by atoms with Crippen LogP contribution in [0.25, 0.3) is 0 Å². The van der Waals surface area contributed by atoms with Crippen LogP contribution < -0.4 is 22.1 Å². The number of nitrogens with two attached hydrogens (primary N) is 2. The normalized spacial score (nSPS) is 11.5. The van der Waals surface area contributed by atoms with Gasteiger partial charge in [-0.3, -0.25) is 9.59 Å². The molecule has 1 aromatic heterocycles. The Morgan fingerprint density at radius 3 is 2.00 bits per heavy atom. The molecule has 0 saturated heterocycles. The number of aromatic amines is 1. The summed E-state index contributed by atoms with van der Waals surface area (Å²) in [5.41, 5.74) is 14.5. The monoisotopic (exact) mass is 553 g/mol. The number of primary amides is 2. The molecule has 4 aromatic rings. The van der Waals surface area contributed by atoms with Crippen molar-refractivity contribution < 1.29 is 14.4 Å². The maximum absolute atomic E-state index is 14.5. The number of nitrogens with zero attached hydrogens (tertiary/aromatic N) is 2. The topological polar surface area (TPSA) is 159 Å². The minimum atomic E-state index is -0.841. The predicted octanol–water partition coefficient (Wildman–Crippen LogP) is 3.48. The van der Waals surface area contributed by atoms with Crippen molar-refractivity contribution in [3.8, 4) is 0 Å². The zero-order valence-electron chi connectivity index (χ0n) is 22.7. The Hall–Kier alpha value is -5.12. The Morgan fingerprint density at radius 2 is 1.46 bits per heavy atom. The first-order valence-corrected chi connectivity index (χ1v) is 13.5. The molecule has 0 aliphatic heterocycles. The molecule has 41 heavy (non-hydrogen) atoms. The Kier molecular flexibility index (Phi) is 10.1. The van der Waals surface area contributed by atoms with E-state index in [0.717, 1.165) is 22.3 Å². The number of H-pyrrole nitrogens is 1. The highest BCUT2D eigenvalue weighted by Gasteiger charge is 2.34. The number of nitrogens with one attached hydrogen (secondary N) is 3. The molecule has 0 unspecified atom stereocenters. The summed E-state index contributed by atoms with van der Waals surface area (Å²) in [5, 5.41) is 5.74. The molecule has 0 aliphatic rings. The van der Waals surface area contributed by atoms with Crippen molar-refractivity contribution >= 4 is 23.8 Å². The lowest BCUT2D eigenvalue weighted by molar-refractivity contribution is -0.140. The Balaban J connectivity index is 1.63. The maximum atomic E-state index is 14.5. The largest absolute Gasteiger partial charge is 0.368 e. The number of carbonyl (C=O) groups is 3. The molecular formula is C31H35N7O3. The predicted molar refractivity (Wildman–Crippen MR) is 157 cm³/mol. The summed E-state index contributed by atoms with van der Waals surface area (Å²) in [7, 11) is 0.